The van der Waals surface area contributed by atoms with Crippen molar-refractivity contribution in [2.45, 2.75) is 6.42 Å². The summed E-state index contributed by atoms with van der Waals surface area (Å²) in [6, 6.07) is 7.69. The van der Waals surface area contributed by atoms with E-state index in [1.807, 2.05) is 24.3 Å². The van der Waals surface area contributed by atoms with E-state index in [0.717, 1.165) is 10.9 Å². The molecule has 1 aromatic carbocycles. The summed E-state index contributed by atoms with van der Waals surface area (Å²) in [5.74, 6) is 1.07. The van der Waals surface area contributed by atoms with Crippen molar-refractivity contribution in [3.05, 3.63) is 29.8 Å². The second kappa shape index (κ2) is 3.77. The molecule has 3 aromatic rings. The van der Waals surface area contributed by atoms with Gasteiger partial charge in [0.05, 0.1) is 11.9 Å². The van der Waals surface area contributed by atoms with E-state index in [4.69, 9.17) is 5.73 Å². The molecule has 1 aliphatic rings. The summed E-state index contributed by atoms with van der Waals surface area (Å²) < 4.78 is 0. The summed E-state index contributed by atoms with van der Waals surface area (Å²) in [4.78, 5) is 20.0. The molecule has 1 amide bonds. The molecule has 0 saturated carbocycles. The van der Waals surface area contributed by atoms with Crippen LogP contribution in [0.5, 0.6) is 0 Å². The van der Waals surface area contributed by atoms with Crippen molar-refractivity contribution in [1.82, 2.24) is 20.2 Å². The van der Waals surface area contributed by atoms with Crippen molar-refractivity contribution in [3.63, 3.8) is 0 Å². The van der Waals surface area contributed by atoms with Gasteiger partial charge in [0, 0.05) is 10.9 Å². The van der Waals surface area contributed by atoms with Gasteiger partial charge in [-0.1, -0.05) is 18.2 Å². The van der Waals surface area contributed by atoms with Crippen LogP contribution in [0.4, 0.5) is 11.6 Å². The Balaban J connectivity index is 1.94. The number of nitrogens with one attached hydrogen (secondary N) is 2. The second-order valence-electron chi connectivity index (χ2n) is 4.60. The number of carbonyl (C=O) groups excluding carboxylic acids is 1. The van der Waals surface area contributed by atoms with Crippen molar-refractivity contribution in [3.8, 4) is 11.5 Å². The largest absolute Gasteiger partial charge is 0.383 e. The quantitative estimate of drug-likeness (QED) is 0.611. The molecule has 3 heterocycles. The van der Waals surface area contributed by atoms with Crippen molar-refractivity contribution < 1.29 is 4.79 Å². The predicted molar refractivity (Wildman–Crippen MR) is 73.9 cm³/mol. The first-order chi connectivity index (χ1) is 9.72. The molecule has 0 spiro atoms. The zero-order chi connectivity index (χ0) is 13.7. The maximum Gasteiger partial charge on any atom is 0.230 e. The highest BCUT2D eigenvalue weighted by atomic mass is 16.1. The third kappa shape index (κ3) is 1.46. The van der Waals surface area contributed by atoms with E-state index < -0.39 is 0 Å². The van der Waals surface area contributed by atoms with Gasteiger partial charge >= 0.3 is 0 Å². The number of nitrogen functional groups attached to an aromatic ring is 1. The highest BCUT2D eigenvalue weighted by Crippen LogP contribution is 2.30. The number of para-hydroxylation sites is 1. The summed E-state index contributed by atoms with van der Waals surface area (Å²) in [6.07, 6.45) is 0.225. The molecular formula is C13H10N6O. The molecule has 0 aliphatic carbocycles. The van der Waals surface area contributed by atoms with Crippen molar-refractivity contribution in [1.29, 1.82) is 0 Å². The molecule has 0 bridgehead atoms. The Kier molecular flexibility index (Phi) is 2.06. The molecule has 0 saturated heterocycles. The fourth-order valence-corrected chi connectivity index (χ4v) is 2.36. The lowest BCUT2D eigenvalue weighted by Crippen LogP contribution is -2.04. The van der Waals surface area contributed by atoms with Gasteiger partial charge in [-0.2, -0.15) is 5.10 Å². The van der Waals surface area contributed by atoms with Crippen LogP contribution in [0.25, 0.3) is 22.4 Å². The Bertz CT molecular complexity index is 853. The van der Waals surface area contributed by atoms with Gasteiger partial charge in [0.1, 0.15) is 17.3 Å². The van der Waals surface area contributed by atoms with Gasteiger partial charge in [0.2, 0.25) is 5.91 Å². The lowest BCUT2D eigenvalue weighted by atomic mass is 10.2. The Morgan fingerprint density at radius 1 is 1.20 bits per heavy atom. The van der Waals surface area contributed by atoms with Crippen LogP contribution in [-0.2, 0) is 11.2 Å². The molecule has 7 heteroatoms. The SMILES string of the molecule is Nc1nc(-c2n[nH]c3ccccc23)nc2c1CC(=O)N2. The molecular weight excluding hydrogens is 256 g/mol. The normalized spacial score (nSPS) is 13.5. The lowest BCUT2D eigenvalue weighted by molar-refractivity contribution is -0.115. The van der Waals surface area contributed by atoms with E-state index >= 15 is 0 Å². The van der Waals surface area contributed by atoms with Crippen LogP contribution in [0, 0.1) is 0 Å². The summed E-state index contributed by atoms with van der Waals surface area (Å²) in [5, 5.41) is 10.8. The lowest BCUT2D eigenvalue weighted by Gasteiger charge is -2.04. The van der Waals surface area contributed by atoms with Gasteiger partial charge < -0.3 is 11.1 Å². The Hall–Kier alpha value is -2.96. The van der Waals surface area contributed by atoms with Gasteiger partial charge in [-0.3, -0.25) is 9.89 Å². The topological polar surface area (TPSA) is 110 Å². The smallest absolute Gasteiger partial charge is 0.230 e. The number of benzene rings is 1. The van der Waals surface area contributed by atoms with Gasteiger partial charge in [0.25, 0.3) is 0 Å². The zero-order valence-corrected chi connectivity index (χ0v) is 10.3. The Labute approximate surface area is 113 Å². The number of aromatic nitrogens is 4. The standard InChI is InChI=1S/C13H10N6O/c14-11-7-5-9(20)15-12(7)17-13(16-11)10-6-3-1-2-4-8(6)18-19-10/h1-4H,5H2,(H,18,19)(H3,14,15,16,17,20). The molecule has 2 aromatic heterocycles. The van der Waals surface area contributed by atoms with Crippen LogP contribution < -0.4 is 11.1 Å². The number of nitrogens with zero attached hydrogens (tertiary/aromatic N) is 3. The predicted octanol–water partition coefficient (Wildman–Crippen LogP) is 1.10. The van der Waals surface area contributed by atoms with Crippen molar-refractivity contribution in [2.75, 3.05) is 11.1 Å². The van der Waals surface area contributed by atoms with Crippen LogP contribution in [0.3, 0.4) is 0 Å². The Morgan fingerprint density at radius 3 is 2.95 bits per heavy atom. The average molecular weight is 266 g/mol. The maximum atomic E-state index is 11.4. The van der Waals surface area contributed by atoms with Crippen LogP contribution >= 0.6 is 0 Å². The molecule has 4 N–H and O–H groups in total. The summed E-state index contributed by atoms with van der Waals surface area (Å²) in [7, 11) is 0. The molecule has 0 fully saturated rings. The van der Waals surface area contributed by atoms with Gasteiger partial charge in [-0.25, -0.2) is 9.97 Å². The number of carbonyl (C=O) groups is 1. The number of hydrogen-bond acceptors (Lipinski definition) is 5. The second-order valence-corrected chi connectivity index (χ2v) is 4.60. The number of nitrogens with two attached hydrogens (primary N) is 1. The number of hydrogen-bond donors (Lipinski definition) is 3. The minimum Gasteiger partial charge on any atom is -0.383 e. The highest BCUT2D eigenvalue weighted by molar-refractivity contribution is 6.00. The molecule has 0 radical (unpaired) electrons. The van der Waals surface area contributed by atoms with E-state index in [0.29, 0.717) is 28.7 Å². The first-order valence-corrected chi connectivity index (χ1v) is 6.12. The maximum absolute atomic E-state index is 11.4. The molecule has 98 valence electrons. The van der Waals surface area contributed by atoms with Gasteiger partial charge in [0.15, 0.2) is 5.82 Å². The molecule has 0 atom stereocenters. The van der Waals surface area contributed by atoms with Gasteiger partial charge in [-0.05, 0) is 6.07 Å². The van der Waals surface area contributed by atoms with E-state index in [1.54, 1.807) is 0 Å². The minimum atomic E-state index is -0.120. The molecule has 7 nitrogen and oxygen atoms in total. The van der Waals surface area contributed by atoms with E-state index in [2.05, 4.69) is 25.5 Å². The van der Waals surface area contributed by atoms with Crippen LogP contribution in [0.15, 0.2) is 24.3 Å². The van der Waals surface area contributed by atoms with E-state index in [9.17, 15) is 4.79 Å². The number of rotatable bonds is 1. The third-order valence-corrected chi connectivity index (χ3v) is 3.32. The average Bonchev–Trinajstić information content (AvgIpc) is 3.01. The molecule has 20 heavy (non-hydrogen) atoms. The number of anilines is 2. The van der Waals surface area contributed by atoms with E-state index in [-0.39, 0.29) is 12.3 Å². The first kappa shape index (κ1) is 10.9. The third-order valence-electron chi connectivity index (χ3n) is 3.32. The molecule has 0 unspecified atom stereocenters. The summed E-state index contributed by atoms with van der Waals surface area (Å²) in [5.41, 5.74) is 8.07. The summed E-state index contributed by atoms with van der Waals surface area (Å²) >= 11 is 0. The first-order valence-electron chi connectivity index (χ1n) is 6.12. The van der Waals surface area contributed by atoms with Crippen LogP contribution in [0.1, 0.15) is 5.56 Å². The summed E-state index contributed by atoms with van der Waals surface area (Å²) in [6.45, 7) is 0. The van der Waals surface area contributed by atoms with E-state index in [1.165, 1.54) is 0 Å². The highest BCUT2D eigenvalue weighted by Gasteiger charge is 2.24. The fourth-order valence-electron chi connectivity index (χ4n) is 2.36. The van der Waals surface area contributed by atoms with Crippen molar-refractivity contribution >= 4 is 28.4 Å². The number of aromatic amines is 1. The van der Waals surface area contributed by atoms with Crippen molar-refractivity contribution in [2.24, 2.45) is 0 Å². The molecule has 1 aliphatic heterocycles. The van der Waals surface area contributed by atoms with Crippen LogP contribution in [0.2, 0.25) is 0 Å². The zero-order valence-electron chi connectivity index (χ0n) is 10.3. The molecule has 4 rings (SSSR count). The monoisotopic (exact) mass is 266 g/mol. The number of fused-ring (bicyclic) bond motifs is 2. The Morgan fingerprint density at radius 2 is 2.05 bits per heavy atom. The van der Waals surface area contributed by atoms with Crippen LogP contribution in [-0.4, -0.2) is 26.1 Å². The number of amides is 1. The number of H-pyrrole nitrogens is 1. The fraction of sp³-hybridized carbons (Fsp3) is 0.0769. The van der Waals surface area contributed by atoms with Gasteiger partial charge in [-0.15, -0.1) is 0 Å². The minimum absolute atomic E-state index is 0.120.